The third-order valence-corrected chi connectivity index (χ3v) is 5.62. The molecule has 1 aromatic rings. The van der Waals surface area contributed by atoms with Gasteiger partial charge in [-0.25, -0.2) is 0 Å². The van der Waals surface area contributed by atoms with Crippen LogP contribution in [0.2, 0.25) is 0 Å². The Labute approximate surface area is 166 Å². The van der Waals surface area contributed by atoms with Crippen LogP contribution >= 0.6 is 12.4 Å². The van der Waals surface area contributed by atoms with E-state index in [9.17, 15) is 9.59 Å². The van der Waals surface area contributed by atoms with Crippen LogP contribution in [0.5, 0.6) is 0 Å². The fraction of sp³-hybridized carbons (Fsp3) is 0.722. The van der Waals surface area contributed by atoms with Gasteiger partial charge >= 0.3 is 0 Å². The zero-order valence-electron chi connectivity index (χ0n) is 15.7. The lowest BCUT2D eigenvalue weighted by Crippen LogP contribution is -2.48. The quantitative estimate of drug-likeness (QED) is 0.596. The Kier molecular flexibility index (Phi) is 8.07. The Bertz CT molecular complexity index is 624. The summed E-state index contributed by atoms with van der Waals surface area (Å²) >= 11 is 0. The highest BCUT2D eigenvalue weighted by molar-refractivity contribution is 5.92. The molecule has 152 valence electrons. The van der Waals surface area contributed by atoms with Crippen LogP contribution in [0, 0.1) is 17.8 Å². The highest BCUT2D eigenvalue weighted by atomic mass is 35.5. The van der Waals surface area contributed by atoms with E-state index in [-0.39, 0.29) is 42.7 Å². The minimum atomic E-state index is -0.142. The summed E-state index contributed by atoms with van der Waals surface area (Å²) in [5.74, 6) is 0.856. The monoisotopic (exact) mass is 399 g/mol. The van der Waals surface area contributed by atoms with Crippen molar-refractivity contribution in [2.24, 2.45) is 23.5 Å². The van der Waals surface area contributed by atoms with Crippen molar-refractivity contribution in [2.75, 3.05) is 25.6 Å². The summed E-state index contributed by atoms with van der Waals surface area (Å²) in [4.78, 5) is 24.4. The second-order valence-electron chi connectivity index (χ2n) is 7.46. The average molecular weight is 400 g/mol. The lowest BCUT2D eigenvalue weighted by atomic mass is 9.65. The van der Waals surface area contributed by atoms with Gasteiger partial charge < -0.3 is 21.1 Å². The van der Waals surface area contributed by atoms with E-state index in [1.54, 1.807) is 19.5 Å². The van der Waals surface area contributed by atoms with Crippen LogP contribution in [0.3, 0.4) is 0 Å². The Balaban J connectivity index is 0.00000261. The minimum absolute atomic E-state index is 0. The van der Waals surface area contributed by atoms with Crippen LogP contribution in [0.25, 0.3) is 0 Å². The molecule has 1 heterocycles. The van der Waals surface area contributed by atoms with Crippen molar-refractivity contribution < 1.29 is 14.3 Å². The molecule has 0 spiro atoms. The van der Waals surface area contributed by atoms with Crippen molar-refractivity contribution >= 4 is 29.9 Å². The Hall–Kier alpha value is -1.64. The van der Waals surface area contributed by atoms with Gasteiger partial charge in [0, 0.05) is 31.8 Å². The molecule has 0 saturated heterocycles. The molecule has 0 aromatic carbocycles. The molecule has 2 amide bonds. The molecule has 3 rings (SSSR count). The molecule has 2 aliphatic carbocycles. The van der Waals surface area contributed by atoms with E-state index in [4.69, 9.17) is 10.5 Å². The fourth-order valence-electron chi connectivity index (χ4n) is 4.26. The first-order chi connectivity index (χ1) is 12.6. The van der Waals surface area contributed by atoms with E-state index in [0.717, 1.165) is 25.7 Å². The normalized spacial score (nSPS) is 26.7. The van der Waals surface area contributed by atoms with Crippen molar-refractivity contribution in [1.29, 1.82) is 0 Å². The predicted molar refractivity (Wildman–Crippen MR) is 105 cm³/mol. The number of methoxy groups -OCH3 is 1. The maximum Gasteiger partial charge on any atom is 0.241 e. The first kappa shape index (κ1) is 21.7. The van der Waals surface area contributed by atoms with Crippen molar-refractivity contribution in [2.45, 2.75) is 44.7 Å². The number of aromatic nitrogens is 2. The van der Waals surface area contributed by atoms with Gasteiger partial charge in [0.05, 0.1) is 18.5 Å². The number of anilines is 1. The number of nitrogens with zero attached hydrogens (tertiary/aromatic N) is 2. The number of carbonyl (C=O) groups excluding carboxylic acids is 2. The molecule has 2 fully saturated rings. The molecule has 0 aliphatic heterocycles. The van der Waals surface area contributed by atoms with Gasteiger partial charge in [-0.05, 0) is 37.5 Å². The van der Waals surface area contributed by atoms with Crippen molar-refractivity contribution in [3.8, 4) is 0 Å². The van der Waals surface area contributed by atoms with E-state index in [1.165, 1.54) is 11.1 Å². The molecular weight excluding hydrogens is 370 g/mol. The summed E-state index contributed by atoms with van der Waals surface area (Å²) < 4.78 is 6.41. The van der Waals surface area contributed by atoms with E-state index >= 15 is 0 Å². The Morgan fingerprint density at radius 1 is 1.33 bits per heavy atom. The summed E-state index contributed by atoms with van der Waals surface area (Å²) in [7, 11) is 1.59. The summed E-state index contributed by atoms with van der Waals surface area (Å²) in [6.07, 6.45) is 8.52. The van der Waals surface area contributed by atoms with Gasteiger partial charge in [-0.1, -0.05) is 6.42 Å². The molecule has 2 aliphatic rings. The van der Waals surface area contributed by atoms with Crippen LogP contribution in [0.4, 0.5) is 5.69 Å². The molecule has 4 N–H and O–H groups in total. The number of hydrogen-bond acceptors (Lipinski definition) is 5. The number of ether oxygens (including phenoxy) is 1. The van der Waals surface area contributed by atoms with Crippen molar-refractivity contribution in [1.82, 2.24) is 15.1 Å². The van der Waals surface area contributed by atoms with Crippen LogP contribution in [-0.2, 0) is 20.9 Å². The van der Waals surface area contributed by atoms with Crippen LogP contribution in [-0.4, -0.2) is 47.9 Å². The molecule has 2 saturated carbocycles. The average Bonchev–Trinajstić information content (AvgIpc) is 3.01. The van der Waals surface area contributed by atoms with Crippen molar-refractivity contribution in [3.63, 3.8) is 0 Å². The number of nitrogens with two attached hydrogens (primary N) is 1. The van der Waals surface area contributed by atoms with E-state index in [1.807, 2.05) is 0 Å². The van der Waals surface area contributed by atoms with Gasteiger partial charge in [0.25, 0.3) is 0 Å². The van der Waals surface area contributed by atoms with Crippen LogP contribution in [0.15, 0.2) is 12.4 Å². The second-order valence-corrected chi connectivity index (χ2v) is 7.46. The molecule has 0 radical (unpaired) electrons. The first-order valence-electron chi connectivity index (χ1n) is 9.41. The third-order valence-electron chi connectivity index (χ3n) is 5.62. The first-order valence-corrected chi connectivity index (χ1v) is 9.41. The SMILES string of the molecule is COCCNC(=O)Cn1cc(NC(=O)C2CC3CCCC(C2)C3N)cn1.Cl. The molecule has 8 nitrogen and oxygen atoms in total. The van der Waals surface area contributed by atoms with Gasteiger partial charge in [0.1, 0.15) is 6.54 Å². The highest BCUT2D eigenvalue weighted by Crippen LogP contribution is 2.42. The van der Waals surface area contributed by atoms with E-state index in [2.05, 4.69) is 15.7 Å². The number of fused-ring (bicyclic) bond motifs is 2. The van der Waals surface area contributed by atoms with Gasteiger partial charge in [0.2, 0.25) is 11.8 Å². The molecular formula is C18H30ClN5O3. The Morgan fingerprint density at radius 2 is 2.04 bits per heavy atom. The Morgan fingerprint density at radius 3 is 2.70 bits per heavy atom. The minimum Gasteiger partial charge on any atom is -0.383 e. The summed E-state index contributed by atoms with van der Waals surface area (Å²) in [5, 5.41) is 9.83. The third kappa shape index (κ3) is 5.67. The standard InChI is InChI=1S/C18H29N5O3.ClH/c1-26-6-5-20-16(24)11-23-10-15(9-21-23)22-18(25)14-7-12-3-2-4-13(8-14)17(12)19;/h9-10,12-14,17H,2-8,11,19H2,1H3,(H,20,24)(H,22,25);1H. The van der Waals surface area contributed by atoms with E-state index < -0.39 is 0 Å². The van der Waals surface area contributed by atoms with E-state index in [0.29, 0.717) is 30.7 Å². The van der Waals surface area contributed by atoms with Gasteiger partial charge in [-0.3, -0.25) is 14.3 Å². The van der Waals surface area contributed by atoms with Gasteiger partial charge in [-0.2, -0.15) is 5.10 Å². The zero-order valence-corrected chi connectivity index (χ0v) is 16.5. The predicted octanol–water partition coefficient (Wildman–Crippen LogP) is 1.16. The zero-order chi connectivity index (χ0) is 18.5. The molecule has 2 unspecified atom stereocenters. The number of carbonyl (C=O) groups is 2. The molecule has 27 heavy (non-hydrogen) atoms. The largest absolute Gasteiger partial charge is 0.383 e. The maximum absolute atomic E-state index is 12.6. The van der Waals surface area contributed by atoms with Gasteiger partial charge in [0.15, 0.2) is 0 Å². The summed E-state index contributed by atoms with van der Waals surface area (Å²) in [5.41, 5.74) is 6.93. The van der Waals surface area contributed by atoms with Crippen molar-refractivity contribution in [3.05, 3.63) is 12.4 Å². The lowest BCUT2D eigenvalue weighted by molar-refractivity contribution is -0.123. The van der Waals surface area contributed by atoms with Crippen LogP contribution in [0.1, 0.15) is 32.1 Å². The summed E-state index contributed by atoms with van der Waals surface area (Å²) in [6, 6.07) is 0.257. The number of amides is 2. The molecule has 9 heteroatoms. The second kappa shape index (κ2) is 10.1. The fourth-order valence-corrected chi connectivity index (χ4v) is 4.26. The highest BCUT2D eigenvalue weighted by Gasteiger charge is 2.40. The topological polar surface area (TPSA) is 111 Å². The smallest absolute Gasteiger partial charge is 0.241 e. The molecule has 2 atom stereocenters. The maximum atomic E-state index is 12.6. The molecule has 1 aromatic heterocycles. The number of hydrogen-bond donors (Lipinski definition) is 3. The number of rotatable bonds is 7. The molecule has 2 bridgehead atoms. The lowest BCUT2D eigenvalue weighted by Gasteiger charge is -2.43. The van der Waals surface area contributed by atoms with Gasteiger partial charge in [-0.15, -0.1) is 12.4 Å². The van der Waals surface area contributed by atoms with Crippen LogP contribution < -0.4 is 16.4 Å². The number of nitrogens with one attached hydrogen (secondary N) is 2. The number of halogens is 1. The summed E-state index contributed by atoms with van der Waals surface area (Å²) in [6.45, 7) is 1.05.